The van der Waals surface area contributed by atoms with E-state index in [9.17, 15) is 41.8 Å². The van der Waals surface area contributed by atoms with Gasteiger partial charge in [0.05, 0.1) is 24.1 Å². The lowest BCUT2D eigenvalue weighted by molar-refractivity contribution is -0.123. The summed E-state index contributed by atoms with van der Waals surface area (Å²) in [5.41, 5.74) is 1.04. The van der Waals surface area contributed by atoms with E-state index < -0.39 is 76.9 Å². The van der Waals surface area contributed by atoms with E-state index in [1.807, 2.05) is 36.4 Å². The minimum absolute atomic E-state index is 0.0451. The Kier molecular flexibility index (Phi) is 10.9. The van der Waals surface area contributed by atoms with Crippen LogP contribution in [0.1, 0.15) is 45.7 Å². The van der Waals surface area contributed by atoms with Crippen molar-refractivity contribution in [3.8, 4) is 0 Å². The number of amides is 2. The van der Waals surface area contributed by atoms with Crippen LogP contribution in [-0.4, -0.2) is 65.0 Å². The number of rotatable bonds is 14. The van der Waals surface area contributed by atoms with Gasteiger partial charge in [-0.2, -0.15) is 4.31 Å². The summed E-state index contributed by atoms with van der Waals surface area (Å²) < 4.78 is 57.2. The van der Waals surface area contributed by atoms with Gasteiger partial charge in [0.15, 0.2) is 0 Å². The molecule has 2 atom stereocenters. The number of H-pyrrole nitrogens is 1. The number of alkyl halides is 2. The summed E-state index contributed by atoms with van der Waals surface area (Å²) in [6, 6.07) is 24.5. The number of thiophene rings is 1. The lowest BCUT2D eigenvalue weighted by atomic mass is 9.81. The van der Waals surface area contributed by atoms with Crippen molar-refractivity contribution in [1.82, 2.24) is 19.9 Å². The Balaban J connectivity index is 1.26. The third-order valence-corrected chi connectivity index (χ3v) is 12.2. The molecule has 1 aliphatic carbocycles. The highest BCUT2D eigenvalue weighted by Gasteiger charge is 2.48. The van der Waals surface area contributed by atoms with E-state index in [1.54, 1.807) is 42.5 Å². The number of halogens is 2. The third-order valence-electron chi connectivity index (χ3n) is 9.14. The van der Waals surface area contributed by atoms with Crippen molar-refractivity contribution >= 4 is 44.1 Å². The number of nitrogens with one attached hydrogen (secondary N) is 3. The molecule has 2 amide bonds. The zero-order valence-electron chi connectivity index (χ0n) is 27.6. The topological polar surface area (TPSA) is 169 Å². The number of benzene rings is 3. The second-order valence-corrected chi connectivity index (χ2v) is 15.8. The van der Waals surface area contributed by atoms with Crippen LogP contribution >= 0.6 is 11.3 Å². The van der Waals surface area contributed by atoms with Crippen LogP contribution in [0.15, 0.2) is 113 Å². The number of nitrogens with zero attached hydrogens (tertiary/aromatic N) is 1. The third kappa shape index (κ3) is 8.07. The van der Waals surface area contributed by atoms with Crippen molar-refractivity contribution in [2.75, 3.05) is 13.2 Å². The fourth-order valence-corrected chi connectivity index (χ4v) is 9.47. The number of aliphatic hydroxyl groups is 1. The number of sulfonamides is 1. The van der Waals surface area contributed by atoms with E-state index in [4.69, 9.17) is 0 Å². The summed E-state index contributed by atoms with van der Waals surface area (Å²) in [5.74, 6) is -4.82. The van der Waals surface area contributed by atoms with E-state index in [2.05, 4.69) is 15.6 Å². The normalized spacial score (nSPS) is 15.6. The van der Waals surface area contributed by atoms with Gasteiger partial charge in [-0.3, -0.25) is 9.59 Å². The van der Waals surface area contributed by atoms with Crippen LogP contribution in [0.5, 0.6) is 0 Å². The molecule has 2 heterocycles. The summed E-state index contributed by atoms with van der Waals surface area (Å²) in [6.45, 7) is -0.984. The molecule has 272 valence electrons. The van der Waals surface area contributed by atoms with Crippen LogP contribution in [0.4, 0.5) is 13.6 Å². The Hall–Kier alpha value is -4.96. The molecule has 0 unspecified atom stereocenters. The summed E-state index contributed by atoms with van der Waals surface area (Å²) in [4.78, 5) is 41.2. The van der Waals surface area contributed by atoms with Crippen LogP contribution in [-0.2, 0) is 21.4 Å². The first kappa shape index (κ1) is 36.8. The first-order valence-corrected chi connectivity index (χ1v) is 18.7. The lowest BCUT2D eigenvalue weighted by Crippen LogP contribution is -2.49. The second-order valence-electron chi connectivity index (χ2n) is 12.7. The summed E-state index contributed by atoms with van der Waals surface area (Å²) in [5, 5.41) is 26.1. The van der Waals surface area contributed by atoms with Gasteiger partial charge in [-0.15, -0.1) is 11.3 Å². The zero-order valence-corrected chi connectivity index (χ0v) is 29.2. The molecular formula is C37H36F2N4O7S2. The molecule has 3 aromatic carbocycles. The quantitative estimate of drug-likeness (QED) is 0.101. The van der Waals surface area contributed by atoms with Gasteiger partial charge < -0.3 is 25.8 Å². The number of aromatic amines is 1. The van der Waals surface area contributed by atoms with Crippen LogP contribution < -0.4 is 16.2 Å². The first-order chi connectivity index (χ1) is 24.9. The molecule has 6 rings (SSSR count). The largest absolute Gasteiger partial charge is 0.465 e. The number of carboxylic acid groups (broad SMARTS) is 1. The molecule has 52 heavy (non-hydrogen) atoms. The highest BCUT2D eigenvalue weighted by Crippen LogP contribution is 2.45. The van der Waals surface area contributed by atoms with E-state index >= 15 is 0 Å². The Bertz CT molecular complexity index is 2170. The minimum Gasteiger partial charge on any atom is -0.465 e. The maximum absolute atomic E-state index is 14.2. The van der Waals surface area contributed by atoms with E-state index in [0.717, 1.165) is 26.8 Å². The lowest BCUT2D eigenvalue weighted by Gasteiger charge is -2.39. The Morgan fingerprint density at radius 3 is 2.21 bits per heavy atom. The number of carbonyl (C=O) groups is 2. The molecule has 5 N–H and O–H groups in total. The van der Waals surface area contributed by atoms with Gasteiger partial charge in [0, 0.05) is 46.6 Å². The van der Waals surface area contributed by atoms with Gasteiger partial charge in [-0.1, -0.05) is 60.7 Å². The molecule has 2 aromatic heterocycles. The van der Waals surface area contributed by atoms with Crippen LogP contribution in [0.2, 0.25) is 0 Å². The molecule has 11 nitrogen and oxygen atoms in total. The monoisotopic (exact) mass is 750 g/mol. The Labute approximate surface area is 302 Å². The summed E-state index contributed by atoms with van der Waals surface area (Å²) >= 11 is 1.12. The van der Waals surface area contributed by atoms with E-state index in [0.29, 0.717) is 15.1 Å². The highest BCUT2D eigenvalue weighted by molar-refractivity contribution is 7.89. The Morgan fingerprint density at radius 1 is 0.962 bits per heavy atom. The van der Waals surface area contributed by atoms with Gasteiger partial charge in [0.2, 0.25) is 21.9 Å². The summed E-state index contributed by atoms with van der Waals surface area (Å²) in [7, 11) is -4.39. The van der Waals surface area contributed by atoms with Gasteiger partial charge in [-0.25, -0.2) is 22.0 Å². The van der Waals surface area contributed by atoms with Gasteiger partial charge in [0.1, 0.15) is 6.04 Å². The van der Waals surface area contributed by atoms with Crippen molar-refractivity contribution in [2.45, 2.75) is 48.2 Å². The average Bonchev–Trinajstić information content (AvgIpc) is 3.59. The second kappa shape index (κ2) is 15.3. The number of hydrogen-bond acceptors (Lipinski definition) is 7. The number of hydrogen-bond donors (Lipinski definition) is 5. The molecule has 0 aliphatic heterocycles. The molecule has 1 fully saturated rings. The van der Waals surface area contributed by atoms with Crippen LogP contribution in [0.3, 0.4) is 0 Å². The standard InChI is InChI=1S/C37H36F2N4O7S2/c38-37(39)18-23(19-37)21-43(52(49,50)28-12-13-29-26(17-28)15-16-40-34(29)45)30(22-44)31-14-11-27(51-31)20-41-35(46)33(42-36(47)48)32(24-7-3-1-4-8-24)25-9-5-2-6-10-25/h1-17,23,30,32-33,42,44H,18-22H2,(H,40,45)(H,41,46)(H,47,48)/t30-,33+/m1/s1. The number of aromatic nitrogens is 1. The molecule has 15 heteroatoms. The molecule has 0 radical (unpaired) electrons. The highest BCUT2D eigenvalue weighted by atomic mass is 32.2. The molecule has 0 saturated heterocycles. The number of fused-ring (bicyclic) bond motifs is 1. The Morgan fingerprint density at radius 2 is 1.62 bits per heavy atom. The fourth-order valence-electron chi connectivity index (χ4n) is 6.63. The SMILES string of the molecule is O=C(O)N[C@H](C(=O)NCc1ccc([C@@H](CO)N(CC2CC(F)(F)C2)S(=O)(=O)c2ccc3c(=O)[nH]ccc3c2)s1)C(c1ccccc1)c1ccccc1. The van der Waals surface area contributed by atoms with Crippen LogP contribution in [0.25, 0.3) is 10.8 Å². The maximum atomic E-state index is 14.2. The first-order valence-electron chi connectivity index (χ1n) is 16.4. The molecule has 5 aromatic rings. The predicted molar refractivity (Wildman–Crippen MR) is 192 cm³/mol. The maximum Gasteiger partial charge on any atom is 0.405 e. The van der Waals surface area contributed by atoms with E-state index in [-0.39, 0.29) is 23.4 Å². The average molecular weight is 751 g/mol. The van der Waals surface area contributed by atoms with E-state index in [1.165, 1.54) is 24.4 Å². The number of pyridine rings is 1. The number of aliphatic hydroxyl groups excluding tert-OH is 1. The zero-order chi connectivity index (χ0) is 37.0. The molecular weight excluding hydrogens is 715 g/mol. The van der Waals surface area contributed by atoms with Crippen molar-refractivity contribution < 1.29 is 37.0 Å². The summed E-state index contributed by atoms with van der Waals surface area (Å²) in [6.07, 6.45) is -0.985. The van der Waals surface area contributed by atoms with Crippen LogP contribution in [0, 0.1) is 5.92 Å². The van der Waals surface area contributed by atoms with Crippen molar-refractivity contribution in [2.24, 2.45) is 5.92 Å². The molecule has 1 saturated carbocycles. The van der Waals surface area contributed by atoms with Crippen molar-refractivity contribution in [3.63, 3.8) is 0 Å². The molecule has 0 spiro atoms. The fraction of sp³-hybridized carbons (Fsp3) is 0.270. The van der Waals surface area contributed by atoms with Crippen molar-refractivity contribution in [1.29, 1.82) is 0 Å². The van der Waals surface area contributed by atoms with Gasteiger partial charge in [-0.05, 0) is 58.8 Å². The smallest absolute Gasteiger partial charge is 0.405 e. The molecule has 1 aliphatic rings. The van der Waals surface area contributed by atoms with Gasteiger partial charge in [0.25, 0.3) is 5.56 Å². The predicted octanol–water partition coefficient (Wildman–Crippen LogP) is 5.44. The van der Waals surface area contributed by atoms with Crippen molar-refractivity contribution in [3.05, 3.63) is 134 Å². The number of carbonyl (C=O) groups excluding carboxylic acids is 1. The van der Waals surface area contributed by atoms with Gasteiger partial charge >= 0.3 is 6.09 Å². The molecule has 0 bridgehead atoms. The minimum atomic E-state index is -4.39.